The van der Waals surface area contributed by atoms with E-state index in [9.17, 15) is 0 Å². The monoisotopic (exact) mass is 209 g/mol. The largest absolute Gasteiger partial charge is 0.336 e. The Bertz CT molecular complexity index is 241. The fourth-order valence-corrected chi connectivity index (χ4v) is 4.55. The van der Waals surface area contributed by atoms with Gasteiger partial charge in [-0.05, 0) is 31.7 Å². The zero-order valence-electron chi connectivity index (χ0n) is 10.2. The predicted octanol–water partition coefficient (Wildman–Crippen LogP) is 0.394. The second-order valence-electron chi connectivity index (χ2n) is 6.11. The molecule has 3 rings (SSSR count). The van der Waals surface area contributed by atoms with E-state index in [-0.39, 0.29) is 0 Å². The van der Waals surface area contributed by atoms with E-state index in [1.54, 1.807) is 4.90 Å². The molecule has 1 saturated carbocycles. The van der Waals surface area contributed by atoms with Gasteiger partial charge in [-0.1, -0.05) is 12.8 Å². The predicted molar refractivity (Wildman–Crippen MR) is 62.0 cm³/mol. The molecule has 1 aliphatic carbocycles. The molecule has 3 fully saturated rings. The molecule has 0 spiro atoms. The molecule has 0 aromatic carbocycles. The number of likely N-dealkylation sites (N-methyl/N-ethyl adjacent to an activating group) is 2. The number of hydrogen-bond donors (Lipinski definition) is 1. The Balaban J connectivity index is 1.81. The molecule has 0 bridgehead atoms. The van der Waals surface area contributed by atoms with Crippen LogP contribution in [-0.2, 0) is 0 Å². The Kier molecular flexibility index (Phi) is 2.52. The zero-order chi connectivity index (χ0) is 10.4. The lowest BCUT2D eigenvalue weighted by molar-refractivity contribution is -0.888. The highest BCUT2D eigenvalue weighted by atomic mass is 15.3. The molecule has 86 valence electrons. The van der Waals surface area contributed by atoms with Crippen LogP contribution >= 0.6 is 0 Å². The molecule has 2 aliphatic heterocycles. The Hall–Kier alpha value is -0.0800. The number of rotatable bonds is 0. The van der Waals surface area contributed by atoms with Gasteiger partial charge in [0.05, 0.1) is 26.2 Å². The van der Waals surface area contributed by atoms with Crippen LogP contribution in [0, 0.1) is 11.8 Å². The zero-order valence-corrected chi connectivity index (χ0v) is 10.2. The Morgan fingerprint density at radius 1 is 1.00 bits per heavy atom. The molecule has 15 heavy (non-hydrogen) atoms. The van der Waals surface area contributed by atoms with Gasteiger partial charge in [-0.2, -0.15) is 0 Å². The van der Waals surface area contributed by atoms with Gasteiger partial charge in [0, 0.05) is 12.5 Å². The average Bonchev–Trinajstić information content (AvgIpc) is 2.54. The SMILES string of the molecule is CN1C2CCCCC2C2CC[NH+](C)CC21. The average molecular weight is 209 g/mol. The summed E-state index contributed by atoms with van der Waals surface area (Å²) in [6.07, 6.45) is 7.47. The van der Waals surface area contributed by atoms with Gasteiger partial charge in [-0.15, -0.1) is 0 Å². The number of nitrogens with one attached hydrogen (secondary N) is 1. The molecule has 2 heteroatoms. The van der Waals surface area contributed by atoms with Crippen LogP contribution in [0.3, 0.4) is 0 Å². The highest BCUT2D eigenvalue weighted by Gasteiger charge is 2.50. The standard InChI is InChI=1S/C13H24N2/c1-14-8-7-11-10-5-3-4-6-12(10)15(2)13(11)9-14/h10-13H,3-9H2,1-2H3/p+1. The fourth-order valence-electron chi connectivity index (χ4n) is 4.55. The maximum absolute atomic E-state index is 2.75. The maximum atomic E-state index is 2.75. The number of likely N-dealkylation sites (tertiary alicyclic amines) is 2. The number of nitrogens with zero attached hydrogens (tertiary/aromatic N) is 1. The van der Waals surface area contributed by atoms with Crippen LogP contribution in [0.1, 0.15) is 32.1 Å². The third-order valence-electron chi connectivity index (χ3n) is 5.33. The van der Waals surface area contributed by atoms with E-state index in [1.165, 1.54) is 45.2 Å². The number of quaternary nitrogens is 1. The lowest BCUT2D eigenvalue weighted by atomic mass is 9.76. The summed E-state index contributed by atoms with van der Waals surface area (Å²) >= 11 is 0. The molecule has 0 radical (unpaired) electrons. The second kappa shape index (κ2) is 3.74. The Labute approximate surface area is 93.6 Å². The van der Waals surface area contributed by atoms with E-state index in [1.807, 2.05) is 0 Å². The highest BCUT2D eigenvalue weighted by Crippen LogP contribution is 2.44. The molecule has 0 amide bonds. The van der Waals surface area contributed by atoms with Crippen molar-refractivity contribution < 1.29 is 4.90 Å². The van der Waals surface area contributed by atoms with Crippen molar-refractivity contribution in [3.8, 4) is 0 Å². The third-order valence-corrected chi connectivity index (χ3v) is 5.33. The van der Waals surface area contributed by atoms with Crippen LogP contribution in [0.15, 0.2) is 0 Å². The van der Waals surface area contributed by atoms with Gasteiger partial charge in [-0.3, -0.25) is 4.90 Å². The molecule has 0 aromatic rings. The molecule has 5 atom stereocenters. The number of piperidine rings is 1. The van der Waals surface area contributed by atoms with Gasteiger partial charge < -0.3 is 4.90 Å². The fraction of sp³-hybridized carbons (Fsp3) is 1.00. The lowest BCUT2D eigenvalue weighted by Crippen LogP contribution is -3.11. The minimum absolute atomic E-state index is 0.909. The van der Waals surface area contributed by atoms with Crippen LogP contribution in [0.4, 0.5) is 0 Å². The molecule has 2 nitrogen and oxygen atoms in total. The highest BCUT2D eigenvalue weighted by molar-refractivity contribution is 5.00. The second-order valence-corrected chi connectivity index (χ2v) is 6.11. The first kappa shape index (κ1) is 10.1. The van der Waals surface area contributed by atoms with E-state index < -0.39 is 0 Å². The van der Waals surface area contributed by atoms with Gasteiger partial charge in [0.2, 0.25) is 0 Å². The topological polar surface area (TPSA) is 7.68 Å². The van der Waals surface area contributed by atoms with Gasteiger partial charge in [0.15, 0.2) is 0 Å². The first-order valence-corrected chi connectivity index (χ1v) is 6.80. The summed E-state index contributed by atoms with van der Waals surface area (Å²) in [5.74, 6) is 2.10. The summed E-state index contributed by atoms with van der Waals surface area (Å²) in [7, 11) is 4.76. The van der Waals surface area contributed by atoms with E-state index in [0.717, 1.165) is 23.9 Å². The summed E-state index contributed by atoms with van der Waals surface area (Å²) < 4.78 is 0. The van der Waals surface area contributed by atoms with Crippen molar-refractivity contribution in [2.45, 2.75) is 44.2 Å². The molecule has 2 heterocycles. The third kappa shape index (κ3) is 1.53. The summed E-state index contributed by atoms with van der Waals surface area (Å²) in [5.41, 5.74) is 0. The van der Waals surface area contributed by atoms with Crippen LogP contribution in [0.5, 0.6) is 0 Å². The van der Waals surface area contributed by atoms with Crippen molar-refractivity contribution in [3.63, 3.8) is 0 Å². The molecule has 1 N–H and O–H groups in total. The minimum Gasteiger partial charge on any atom is -0.336 e. The molecule has 2 saturated heterocycles. The number of fused-ring (bicyclic) bond motifs is 3. The molecule has 0 aromatic heterocycles. The van der Waals surface area contributed by atoms with Crippen LogP contribution in [0.2, 0.25) is 0 Å². The van der Waals surface area contributed by atoms with Crippen LogP contribution in [-0.4, -0.2) is 44.2 Å². The van der Waals surface area contributed by atoms with Crippen molar-refractivity contribution >= 4 is 0 Å². The van der Waals surface area contributed by atoms with E-state index in [2.05, 4.69) is 19.0 Å². The minimum atomic E-state index is 0.909. The van der Waals surface area contributed by atoms with E-state index in [4.69, 9.17) is 0 Å². The first-order chi connectivity index (χ1) is 7.27. The van der Waals surface area contributed by atoms with Crippen LogP contribution in [0.25, 0.3) is 0 Å². The normalized spacial score (nSPS) is 51.2. The summed E-state index contributed by atoms with van der Waals surface area (Å²) in [5, 5.41) is 0. The van der Waals surface area contributed by atoms with Crippen molar-refractivity contribution in [2.75, 3.05) is 27.2 Å². The Morgan fingerprint density at radius 2 is 1.73 bits per heavy atom. The Morgan fingerprint density at radius 3 is 2.60 bits per heavy atom. The first-order valence-electron chi connectivity index (χ1n) is 6.80. The summed E-state index contributed by atoms with van der Waals surface area (Å²) in [6, 6.07) is 1.85. The molecular weight excluding hydrogens is 184 g/mol. The van der Waals surface area contributed by atoms with Crippen molar-refractivity contribution in [3.05, 3.63) is 0 Å². The molecule has 3 aliphatic rings. The smallest absolute Gasteiger partial charge is 0.0929 e. The van der Waals surface area contributed by atoms with Crippen molar-refractivity contribution in [2.24, 2.45) is 11.8 Å². The molecule has 5 unspecified atom stereocenters. The molecular formula is C13H25N2+. The van der Waals surface area contributed by atoms with Crippen molar-refractivity contribution in [1.82, 2.24) is 4.90 Å². The lowest BCUT2D eigenvalue weighted by Gasteiger charge is -2.33. The maximum Gasteiger partial charge on any atom is 0.0929 e. The summed E-state index contributed by atoms with van der Waals surface area (Å²) in [6.45, 7) is 2.81. The van der Waals surface area contributed by atoms with Crippen molar-refractivity contribution in [1.29, 1.82) is 0 Å². The van der Waals surface area contributed by atoms with Crippen LogP contribution < -0.4 is 4.90 Å². The van der Waals surface area contributed by atoms with Gasteiger partial charge in [-0.25, -0.2) is 0 Å². The van der Waals surface area contributed by atoms with Gasteiger partial charge in [0.25, 0.3) is 0 Å². The number of hydrogen-bond acceptors (Lipinski definition) is 1. The van der Waals surface area contributed by atoms with E-state index >= 15 is 0 Å². The summed E-state index contributed by atoms with van der Waals surface area (Å²) in [4.78, 5) is 4.50. The quantitative estimate of drug-likeness (QED) is 0.606. The van der Waals surface area contributed by atoms with E-state index in [0.29, 0.717) is 0 Å². The van der Waals surface area contributed by atoms with Gasteiger partial charge >= 0.3 is 0 Å². The van der Waals surface area contributed by atoms with Gasteiger partial charge in [0.1, 0.15) is 0 Å².